The van der Waals surface area contributed by atoms with Crippen molar-refractivity contribution in [1.82, 2.24) is 0 Å². The summed E-state index contributed by atoms with van der Waals surface area (Å²) in [4.78, 5) is 2.83. The molecule has 0 N–H and O–H groups in total. The molecule has 1 aromatic rings. The monoisotopic (exact) mass is 216 g/mol. The van der Waals surface area contributed by atoms with Crippen molar-refractivity contribution in [1.29, 1.82) is 0 Å². The van der Waals surface area contributed by atoms with Gasteiger partial charge in [-0.25, -0.2) is 0 Å². The van der Waals surface area contributed by atoms with E-state index in [1.807, 2.05) is 11.3 Å². The quantitative estimate of drug-likeness (QED) is 0.674. The highest BCUT2D eigenvalue weighted by Gasteiger charge is 2.19. The summed E-state index contributed by atoms with van der Waals surface area (Å²) in [5.74, 6) is 0. The first-order valence-corrected chi connectivity index (χ1v) is 5.92. The first-order chi connectivity index (χ1) is 5.75. The molecule has 0 saturated heterocycles. The van der Waals surface area contributed by atoms with Gasteiger partial charge in [0, 0.05) is 15.0 Å². The summed E-state index contributed by atoms with van der Waals surface area (Å²) in [6.45, 7) is 2.14. The molecule has 2 rings (SSSR count). The molecule has 64 valence electrons. The van der Waals surface area contributed by atoms with Crippen molar-refractivity contribution in [2.45, 2.75) is 18.6 Å². The highest BCUT2D eigenvalue weighted by molar-refractivity contribution is 8.05. The SMILES string of the molecule is Cc1ccc(C2CC=C(Cl)S2)s1. The number of aryl methyl sites for hydroxylation is 1. The molecule has 1 unspecified atom stereocenters. The van der Waals surface area contributed by atoms with Crippen LogP contribution in [0.1, 0.15) is 21.4 Å². The molecule has 0 amide bonds. The maximum absolute atomic E-state index is 5.89. The highest BCUT2D eigenvalue weighted by Crippen LogP contribution is 2.46. The fourth-order valence-electron chi connectivity index (χ4n) is 1.23. The van der Waals surface area contributed by atoms with Gasteiger partial charge in [0.05, 0.1) is 4.36 Å². The van der Waals surface area contributed by atoms with E-state index in [0.717, 1.165) is 10.8 Å². The first-order valence-electron chi connectivity index (χ1n) is 3.84. The van der Waals surface area contributed by atoms with E-state index < -0.39 is 0 Å². The predicted molar refractivity (Wildman–Crippen MR) is 57.9 cm³/mol. The predicted octanol–water partition coefficient (Wildman–Crippen LogP) is 4.31. The molecule has 0 bridgehead atoms. The zero-order valence-corrected chi connectivity index (χ0v) is 9.10. The molecular formula is C9H9ClS2. The highest BCUT2D eigenvalue weighted by atomic mass is 35.5. The van der Waals surface area contributed by atoms with Crippen molar-refractivity contribution in [3.63, 3.8) is 0 Å². The lowest BCUT2D eigenvalue weighted by molar-refractivity contribution is 1.02. The molecule has 0 radical (unpaired) electrons. The molecule has 1 aliphatic rings. The summed E-state index contributed by atoms with van der Waals surface area (Å²) in [6.07, 6.45) is 3.19. The van der Waals surface area contributed by atoms with E-state index in [1.165, 1.54) is 9.75 Å². The Bertz CT molecular complexity index is 314. The first kappa shape index (κ1) is 8.67. The second-order valence-electron chi connectivity index (χ2n) is 2.80. The average Bonchev–Trinajstić information content (AvgIpc) is 2.58. The van der Waals surface area contributed by atoms with Crippen LogP contribution in [0.5, 0.6) is 0 Å². The Balaban J connectivity index is 2.13. The van der Waals surface area contributed by atoms with Crippen LogP contribution in [0.3, 0.4) is 0 Å². The van der Waals surface area contributed by atoms with Gasteiger partial charge in [0.2, 0.25) is 0 Å². The minimum atomic E-state index is 0.580. The minimum absolute atomic E-state index is 0.580. The van der Waals surface area contributed by atoms with E-state index >= 15 is 0 Å². The molecule has 0 saturated carbocycles. The van der Waals surface area contributed by atoms with Gasteiger partial charge in [0.1, 0.15) is 0 Å². The van der Waals surface area contributed by atoms with Crippen molar-refractivity contribution in [3.05, 3.63) is 32.3 Å². The molecule has 0 spiro atoms. The molecule has 0 nitrogen and oxygen atoms in total. The van der Waals surface area contributed by atoms with E-state index in [9.17, 15) is 0 Å². The summed E-state index contributed by atoms with van der Waals surface area (Å²) >= 11 is 9.54. The number of allylic oxidation sites excluding steroid dienone is 1. The van der Waals surface area contributed by atoms with Crippen LogP contribution in [0.25, 0.3) is 0 Å². The fraction of sp³-hybridized carbons (Fsp3) is 0.333. The maximum Gasteiger partial charge on any atom is 0.0701 e. The van der Waals surface area contributed by atoms with E-state index in [-0.39, 0.29) is 0 Å². The van der Waals surface area contributed by atoms with Gasteiger partial charge >= 0.3 is 0 Å². The molecule has 3 heteroatoms. The van der Waals surface area contributed by atoms with Crippen LogP contribution in [0.4, 0.5) is 0 Å². The van der Waals surface area contributed by atoms with Gasteiger partial charge < -0.3 is 0 Å². The van der Waals surface area contributed by atoms with Crippen LogP contribution in [0.2, 0.25) is 0 Å². The second-order valence-corrected chi connectivity index (χ2v) is 5.99. The molecule has 12 heavy (non-hydrogen) atoms. The summed E-state index contributed by atoms with van der Waals surface area (Å²) < 4.78 is 0.950. The summed E-state index contributed by atoms with van der Waals surface area (Å²) in [6, 6.07) is 4.38. The van der Waals surface area contributed by atoms with E-state index in [1.54, 1.807) is 11.8 Å². The standard InChI is InChI=1S/C9H9ClS2/c1-6-2-3-7(11-6)8-4-5-9(10)12-8/h2-3,5,8H,4H2,1H3. The van der Waals surface area contributed by atoms with Crippen LogP contribution >= 0.6 is 34.7 Å². The normalized spacial score (nSPS) is 22.8. The summed E-state index contributed by atoms with van der Waals surface area (Å²) in [5, 5.41) is 0.580. The smallest absolute Gasteiger partial charge is 0.0701 e. The zero-order valence-electron chi connectivity index (χ0n) is 6.71. The van der Waals surface area contributed by atoms with Gasteiger partial charge in [-0.2, -0.15) is 0 Å². The summed E-state index contributed by atoms with van der Waals surface area (Å²) in [5.41, 5.74) is 0. The number of thioether (sulfide) groups is 1. The van der Waals surface area contributed by atoms with Crippen molar-refractivity contribution >= 4 is 34.7 Å². The third kappa shape index (κ3) is 1.70. The van der Waals surface area contributed by atoms with Crippen LogP contribution in [-0.4, -0.2) is 0 Å². The van der Waals surface area contributed by atoms with Gasteiger partial charge in [-0.05, 0) is 25.5 Å². The topological polar surface area (TPSA) is 0 Å². The average molecular weight is 217 g/mol. The van der Waals surface area contributed by atoms with Crippen molar-refractivity contribution in [3.8, 4) is 0 Å². The van der Waals surface area contributed by atoms with E-state index in [4.69, 9.17) is 11.6 Å². The van der Waals surface area contributed by atoms with Crippen molar-refractivity contribution in [2.75, 3.05) is 0 Å². The minimum Gasteiger partial charge on any atom is -0.145 e. The molecule has 1 aromatic heterocycles. The largest absolute Gasteiger partial charge is 0.145 e. The molecule has 2 heterocycles. The Hall–Kier alpha value is 0.0800. The number of hydrogen-bond donors (Lipinski definition) is 0. The second kappa shape index (κ2) is 3.44. The van der Waals surface area contributed by atoms with Crippen LogP contribution in [0.15, 0.2) is 22.6 Å². The number of hydrogen-bond acceptors (Lipinski definition) is 2. The Labute approximate surface area is 85.6 Å². The van der Waals surface area contributed by atoms with Crippen LogP contribution in [0, 0.1) is 6.92 Å². The Morgan fingerprint density at radius 2 is 2.33 bits per heavy atom. The number of rotatable bonds is 1. The van der Waals surface area contributed by atoms with Crippen molar-refractivity contribution in [2.24, 2.45) is 0 Å². The number of thiophene rings is 1. The molecule has 1 aliphatic heterocycles. The van der Waals surface area contributed by atoms with Crippen LogP contribution in [-0.2, 0) is 0 Å². The molecule has 1 atom stereocenters. The van der Waals surface area contributed by atoms with E-state index in [0.29, 0.717) is 5.25 Å². The van der Waals surface area contributed by atoms with Crippen molar-refractivity contribution < 1.29 is 0 Å². The zero-order chi connectivity index (χ0) is 8.55. The fourth-order valence-corrected chi connectivity index (χ4v) is 3.66. The third-order valence-electron chi connectivity index (χ3n) is 1.83. The van der Waals surface area contributed by atoms with Gasteiger partial charge in [-0.1, -0.05) is 17.7 Å². The molecule has 0 aliphatic carbocycles. The maximum atomic E-state index is 5.89. The Morgan fingerprint density at radius 1 is 1.50 bits per heavy atom. The lowest BCUT2D eigenvalue weighted by Gasteiger charge is -2.03. The molecule has 0 aromatic carbocycles. The molecular weight excluding hydrogens is 208 g/mol. The van der Waals surface area contributed by atoms with Gasteiger partial charge in [-0.15, -0.1) is 23.1 Å². The van der Waals surface area contributed by atoms with Gasteiger partial charge in [-0.3, -0.25) is 0 Å². The number of halogens is 1. The lowest BCUT2D eigenvalue weighted by atomic mass is 10.2. The summed E-state index contributed by atoms with van der Waals surface area (Å²) in [7, 11) is 0. The Kier molecular flexibility index (Phi) is 2.49. The van der Waals surface area contributed by atoms with E-state index in [2.05, 4.69) is 25.1 Å². The van der Waals surface area contributed by atoms with Gasteiger partial charge in [0.15, 0.2) is 0 Å². The lowest BCUT2D eigenvalue weighted by Crippen LogP contribution is -1.81. The molecule has 0 fully saturated rings. The Morgan fingerprint density at radius 3 is 2.83 bits per heavy atom. The third-order valence-corrected chi connectivity index (χ3v) is 4.63. The van der Waals surface area contributed by atoms with Crippen LogP contribution < -0.4 is 0 Å². The van der Waals surface area contributed by atoms with Gasteiger partial charge in [0.25, 0.3) is 0 Å².